The van der Waals surface area contributed by atoms with Crippen LogP contribution in [0.1, 0.15) is 13.8 Å². The third-order valence-electron chi connectivity index (χ3n) is 2.10. The van der Waals surface area contributed by atoms with Crippen LogP contribution in [0.25, 0.3) is 0 Å². The molecule has 0 aromatic heterocycles. The highest BCUT2D eigenvalue weighted by Gasteiger charge is 2.22. The normalized spacial score (nSPS) is 12.3. The highest BCUT2D eigenvalue weighted by atomic mass is 79.9. The molecule has 0 aliphatic rings. The third kappa shape index (κ3) is 3.77. The van der Waals surface area contributed by atoms with Gasteiger partial charge in [-0.2, -0.15) is 0 Å². The number of carbonyl (C=O) groups excluding carboxylic acids is 1. The Hall–Kier alpha value is -0.960. The zero-order valence-corrected chi connectivity index (χ0v) is 12.3. The summed E-state index contributed by atoms with van der Waals surface area (Å²) in [7, 11) is -3.77. The summed E-state index contributed by atoms with van der Waals surface area (Å²) in [6, 6.07) is 4.06. The largest absolute Gasteiger partial charge is 0.323 e. The number of nitrogens with one attached hydrogen (secondary N) is 1. The molecule has 0 fully saturated rings. The lowest BCUT2D eigenvalue weighted by atomic mass is 10.1. The zero-order chi connectivity index (χ0) is 14.1. The van der Waals surface area contributed by atoms with Gasteiger partial charge < -0.3 is 11.1 Å². The first kappa shape index (κ1) is 15.1. The highest BCUT2D eigenvalue weighted by molar-refractivity contribution is 9.10. The molecule has 0 radical (unpaired) electrons. The number of nitrogens with two attached hydrogens (primary N) is 2. The molecule has 0 saturated heterocycles. The number of rotatable bonds is 3. The molecule has 1 aromatic carbocycles. The van der Waals surface area contributed by atoms with Gasteiger partial charge in [0.2, 0.25) is 15.9 Å². The van der Waals surface area contributed by atoms with E-state index in [2.05, 4.69) is 21.2 Å². The Bertz CT molecular complexity index is 579. The lowest BCUT2D eigenvalue weighted by molar-refractivity contribution is -0.120. The molecule has 0 bridgehead atoms. The molecule has 0 spiro atoms. The van der Waals surface area contributed by atoms with E-state index in [1.165, 1.54) is 18.2 Å². The van der Waals surface area contributed by atoms with Crippen LogP contribution in [0.5, 0.6) is 0 Å². The molecule has 1 amide bonds. The maximum atomic E-state index is 11.7. The fraction of sp³-hybridized carbons (Fsp3) is 0.300. The van der Waals surface area contributed by atoms with Crippen LogP contribution in [0.4, 0.5) is 5.69 Å². The molecule has 0 atom stereocenters. The van der Waals surface area contributed by atoms with Crippen LogP contribution in [0.2, 0.25) is 0 Å². The highest BCUT2D eigenvalue weighted by Crippen LogP contribution is 2.25. The summed E-state index contributed by atoms with van der Waals surface area (Å²) in [5.74, 6) is -0.383. The number of benzene rings is 1. The minimum atomic E-state index is -3.77. The summed E-state index contributed by atoms with van der Waals surface area (Å²) in [4.78, 5) is 11.6. The van der Waals surface area contributed by atoms with Gasteiger partial charge in [-0.15, -0.1) is 0 Å². The Balaban J connectivity index is 3.05. The molecule has 0 unspecified atom stereocenters. The Morgan fingerprint density at radius 2 is 1.94 bits per heavy atom. The lowest BCUT2D eigenvalue weighted by Crippen LogP contribution is -2.45. The number of hydrogen-bond acceptors (Lipinski definition) is 4. The molecule has 0 saturated carbocycles. The molecule has 0 aliphatic carbocycles. The molecular weight excluding hydrogens is 322 g/mol. The second-order valence-corrected chi connectivity index (χ2v) is 6.78. The van der Waals surface area contributed by atoms with Crippen molar-refractivity contribution in [2.75, 3.05) is 5.32 Å². The summed E-state index contributed by atoms with van der Waals surface area (Å²) in [5.41, 5.74) is 5.03. The summed E-state index contributed by atoms with van der Waals surface area (Å²) >= 11 is 3.16. The Labute approximate surface area is 114 Å². The van der Waals surface area contributed by atoms with Crippen LogP contribution in [0, 0.1) is 0 Å². The fourth-order valence-corrected chi connectivity index (χ4v) is 2.23. The molecule has 0 aliphatic heterocycles. The van der Waals surface area contributed by atoms with E-state index in [1.54, 1.807) is 13.8 Å². The second-order valence-electron chi connectivity index (χ2n) is 4.36. The SMILES string of the molecule is CC(C)(N)C(=O)Nc1ccc(S(N)(=O)=O)cc1Br. The topological polar surface area (TPSA) is 115 Å². The average Bonchev–Trinajstić information content (AvgIpc) is 2.17. The first-order valence-electron chi connectivity index (χ1n) is 4.94. The van der Waals surface area contributed by atoms with E-state index in [1.807, 2.05) is 0 Å². The molecule has 0 heterocycles. The standard InChI is InChI=1S/C10H14BrN3O3S/c1-10(2,12)9(15)14-8-4-3-6(5-7(8)11)18(13,16)17/h3-5H,12H2,1-2H3,(H,14,15)(H2,13,16,17). The van der Waals surface area contributed by atoms with Crippen LogP contribution in [-0.4, -0.2) is 19.9 Å². The average molecular weight is 336 g/mol. The van der Waals surface area contributed by atoms with Gasteiger partial charge in [0.25, 0.3) is 0 Å². The number of hydrogen-bond donors (Lipinski definition) is 3. The van der Waals surface area contributed by atoms with Gasteiger partial charge in [-0.3, -0.25) is 4.79 Å². The Morgan fingerprint density at radius 1 is 1.39 bits per heavy atom. The summed E-state index contributed by atoms with van der Waals surface area (Å²) < 4.78 is 22.7. The lowest BCUT2D eigenvalue weighted by Gasteiger charge is -2.18. The Kier molecular flexibility index (Phi) is 4.16. The number of halogens is 1. The molecule has 6 nitrogen and oxygen atoms in total. The maximum absolute atomic E-state index is 11.7. The van der Waals surface area contributed by atoms with Gasteiger partial charge in [-0.1, -0.05) is 0 Å². The van der Waals surface area contributed by atoms with Crippen molar-refractivity contribution in [3.63, 3.8) is 0 Å². The van der Waals surface area contributed by atoms with Crippen molar-refractivity contribution in [1.29, 1.82) is 0 Å². The summed E-state index contributed by atoms with van der Waals surface area (Å²) in [6.45, 7) is 3.13. The van der Waals surface area contributed by atoms with Crippen molar-refractivity contribution in [3.05, 3.63) is 22.7 Å². The minimum Gasteiger partial charge on any atom is -0.323 e. The quantitative estimate of drug-likeness (QED) is 0.756. The first-order valence-corrected chi connectivity index (χ1v) is 7.28. The van der Waals surface area contributed by atoms with E-state index in [4.69, 9.17) is 10.9 Å². The molecule has 1 rings (SSSR count). The monoisotopic (exact) mass is 335 g/mol. The molecule has 1 aromatic rings. The van der Waals surface area contributed by atoms with E-state index in [-0.39, 0.29) is 10.8 Å². The fourth-order valence-electron chi connectivity index (χ4n) is 1.06. The van der Waals surface area contributed by atoms with Crippen molar-refractivity contribution in [2.45, 2.75) is 24.3 Å². The van der Waals surface area contributed by atoms with Crippen molar-refractivity contribution in [3.8, 4) is 0 Å². The molecule has 100 valence electrons. The van der Waals surface area contributed by atoms with E-state index < -0.39 is 15.6 Å². The number of sulfonamides is 1. The predicted molar refractivity (Wildman–Crippen MR) is 72.4 cm³/mol. The van der Waals surface area contributed by atoms with E-state index in [9.17, 15) is 13.2 Å². The van der Waals surface area contributed by atoms with Crippen molar-refractivity contribution < 1.29 is 13.2 Å². The van der Waals surface area contributed by atoms with Crippen LogP contribution in [0.15, 0.2) is 27.6 Å². The number of primary sulfonamides is 1. The first-order chi connectivity index (χ1) is 8.01. The van der Waals surface area contributed by atoms with Gasteiger partial charge >= 0.3 is 0 Å². The molecule has 18 heavy (non-hydrogen) atoms. The van der Waals surface area contributed by atoms with E-state index >= 15 is 0 Å². The summed E-state index contributed by atoms with van der Waals surface area (Å²) in [5, 5.41) is 7.57. The van der Waals surface area contributed by atoms with Crippen LogP contribution in [0.3, 0.4) is 0 Å². The maximum Gasteiger partial charge on any atom is 0.243 e. The third-order valence-corrected chi connectivity index (χ3v) is 3.67. The number of amides is 1. The van der Waals surface area contributed by atoms with Crippen molar-refractivity contribution >= 4 is 37.5 Å². The van der Waals surface area contributed by atoms with Gasteiger partial charge in [0, 0.05) is 4.47 Å². The smallest absolute Gasteiger partial charge is 0.243 e. The molecule has 8 heteroatoms. The number of carbonyl (C=O) groups is 1. The summed E-state index contributed by atoms with van der Waals surface area (Å²) in [6.07, 6.45) is 0. The minimum absolute atomic E-state index is 0.0422. The molecule has 5 N–H and O–H groups in total. The van der Waals surface area contributed by atoms with Crippen molar-refractivity contribution in [1.82, 2.24) is 0 Å². The van der Waals surface area contributed by atoms with Gasteiger partial charge in [0.1, 0.15) is 0 Å². The Morgan fingerprint density at radius 3 is 2.33 bits per heavy atom. The van der Waals surface area contributed by atoms with E-state index in [0.717, 1.165) is 0 Å². The predicted octanol–water partition coefficient (Wildman–Crippen LogP) is 0.772. The van der Waals surface area contributed by atoms with Crippen LogP contribution < -0.4 is 16.2 Å². The van der Waals surface area contributed by atoms with Crippen molar-refractivity contribution in [2.24, 2.45) is 10.9 Å². The van der Waals surface area contributed by atoms with Crippen LogP contribution >= 0.6 is 15.9 Å². The van der Waals surface area contributed by atoms with Gasteiger partial charge in [-0.05, 0) is 48.0 Å². The zero-order valence-electron chi connectivity index (χ0n) is 9.90. The van der Waals surface area contributed by atoms with Gasteiger partial charge in [-0.25, -0.2) is 13.6 Å². The molecular formula is C10H14BrN3O3S. The van der Waals surface area contributed by atoms with Crippen LogP contribution in [-0.2, 0) is 14.8 Å². The van der Waals surface area contributed by atoms with E-state index in [0.29, 0.717) is 10.2 Å². The number of anilines is 1. The second kappa shape index (κ2) is 4.96. The van der Waals surface area contributed by atoms with Gasteiger partial charge in [0.05, 0.1) is 16.1 Å². The van der Waals surface area contributed by atoms with Gasteiger partial charge in [0.15, 0.2) is 0 Å².